The average molecular weight is 656 g/mol. The Morgan fingerprint density at radius 3 is 1.59 bits per heavy atom. The lowest BCUT2D eigenvalue weighted by Crippen LogP contribution is -2.01. The SMILES string of the molecule is c1cc(-c2nc(-c3ccc4c(c3)oc3ccccc34)nc(-c3ccc4c(c3)oc3cnccc34)n2)cc(-n2c3ccccc3c3ccccc32)c1. The van der Waals surface area contributed by atoms with Crippen molar-refractivity contribution in [1.29, 1.82) is 0 Å². The van der Waals surface area contributed by atoms with Gasteiger partial charge in [0.2, 0.25) is 0 Å². The Morgan fingerprint density at radius 1 is 0.392 bits per heavy atom. The van der Waals surface area contributed by atoms with Gasteiger partial charge in [-0.1, -0.05) is 78.9 Å². The molecule has 0 bridgehead atoms. The van der Waals surface area contributed by atoms with Crippen LogP contribution >= 0.6 is 0 Å². The fourth-order valence-electron chi connectivity index (χ4n) is 7.38. The molecule has 6 aromatic carbocycles. The second-order valence-corrected chi connectivity index (χ2v) is 12.7. The number of rotatable bonds is 4. The van der Waals surface area contributed by atoms with Crippen LogP contribution in [0.5, 0.6) is 0 Å². The van der Waals surface area contributed by atoms with Crippen molar-refractivity contribution in [2.24, 2.45) is 0 Å². The molecule has 0 saturated carbocycles. The van der Waals surface area contributed by atoms with Crippen LogP contribution in [0.2, 0.25) is 0 Å². The molecule has 5 heterocycles. The van der Waals surface area contributed by atoms with Gasteiger partial charge in [-0.15, -0.1) is 0 Å². The van der Waals surface area contributed by atoms with Gasteiger partial charge < -0.3 is 13.4 Å². The van der Waals surface area contributed by atoms with Gasteiger partial charge in [0, 0.05) is 60.9 Å². The predicted octanol–water partition coefficient (Wildman–Crippen LogP) is 11.2. The minimum Gasteiger partial charge on any atom is -0.456 e. The number of nitrogens with zero attached hydrogens (tertiary/aromatic N) is 5. The third-order valence-electron chi connectivity index (χ3n) is 9.75. The van der Waals surface area contributed by atoms with Gasteiger partial charge in [-0.2, -0.15) is 0 Å². The maximum Gasteiger partial charge on any atom is 0.164 e. The molecule has 0 saturated heterocycles. The summed E-state index contributed by atoms with van der Waals surface area (Å²) in [5.74, 6) is 1.66. The molecule has 0 atom stereocenters. The minimum absolute atomic E-state index is 0.544. The van der Waals surface area contributed by atoms with Crippen LogP contribution in [0.1, 0.15) is 0 Å². The van der Waals surface area contributed by atoms with E-state index in [1.54, 1.807) is 12.4 Å². The second-order valence-electron chi connectivity index (χ2n) is 12.7. The summed E-state index contributed by atoms with van der Waals surface area (Å²) in [5.41, 5.74) is 8.94. The van der Waals surface area contributed by atoms with Crippen LogP contribution in [-0.4, -0.2) is 24.5 Å². The third kappa shape index (κ3) is 4.31. The zero-order chi connectivity index (χ0) is 33.5. The molecular formula is C44H25N5O2. The van der Waals surface area contributed by atoms with E-state index in [0.717, 1.165) is 77.3 Å². The number of furan rings is 2. The van der Waals surface area contributed by atoms with E-state index >= 15 is 0 Å². The predicted molar refractivity (Wildman–Crippen MR) is 203 cm³/mol. The Bertz CT molecular complexity index is 2980. The summed E-state index contributed by atoms with van der Waals surface area (Å²) in [6.45, 7) is 0. The molecule has 0 fully saturated rings. The van der Waals surface area contributed by atoms with Crippen LogP contribution in [0.4, 0.5) is 0 Å². The molecule has 7 nitrogen and oxygen atoms in total. The smallest absolute Gasteiger partial charge is 0.164 e. The molecular weight excluding hydrogens is 631 g/mol. The third-order valence-corrected chi connectivity index (χ3v) is 9.75. The van der Waals surface area contributed by atoms with E-state index in [1.165, 1.54) is 10.8 Å². The lowest BCUT2D eigenvalue weighted by atomic mass is 10.1. The van der Waals surface area contributed by atoms with Gasteiger partial charge in [0.15, 0.2) is 23.1 Å². The molecule has 0 aliphatic rings. The number of aromatic nitrogens is 5. The Hall–Kier alpha value is -7.12. The molecule has 0 N–H and O–H groups in total. The summed E-state index contributed by atoms with van der Waals surface area (Å²) in [7, 11) is 0. The Labute approximate surface area is 290 Å². The number of hydrogen-bond donors (Lipinski definition) is 0. The van der Waals surface area contributed by atoms with Crippen LogP contribution in [0.25, 0.3) is 106 Å². The summed E-state index contributed by atoms with van der Waals surface area (Å²) in [6, 6.07) is 47.7. The molecule has 238 valence electrons. The maximum atomic E-state index is 6.26. The first-order valence-electron chi connectivity index (χ1n) is 16.8. The first-order chi connectivity index (χ1) is 25.2. The maximum absolute atomic E-state index is 6.26. The monoisotopic (exact) mass is 655 g/mol. The van der Waals surface area contributed by atoms with Gasteiger partial charge in [0.1, 0.15) is 16.7 Å². The first-order valence-corrected chi connectivity index (χ1v) is 16.8. The van der Waals surface area contributed by atoms with Gasteiger partial charge in [-0.25, -0.2) is 15.0 Å². The zero-order valence-electron chi connectivity index (χ0n) is 27.0. The van der Waals surface area contributed by atoms with Crippen molar-refractivity contribution in [3.63, 3.8) is 0 Å². The van der Waals surface area contributed by atoms with Crippen molar-refractivity contribution in [2.75, 3.05) is 0 Å². The lowest BCUT2D eigenvalue weighted by molar-refractivity contribution is 0.667. The number of pyridine rings is 1. The molecule has 0 aliphatic carbocycles. The molecule has 7 heteroatoms. The van der Waals surface area contributed by atoms with Gasteiger partial charge in [-0.3, -0.25) is 4.98 Å². The summed E-state index contributed by atoms with van der Waals surface area (Å²) >= 11 is 0. The van der Waals surface area contributed by atoms with E-state index in [9.17, 15) is 0 Å². The van der Waals surface area contributed by atoms with Crippen molar-refractivity contribution in [3.05, 3.63) is 152 Å². The highest BCUT2D eigenvalue weighted by Crippen LogP contribution is 2.36. The first kappa shape index (κ1) is 27.8. The van der Waals surface area contributed by atoms with E-state index in [0.29, 0.717) is 17.5 Å². The van der Waals surface area contributed by atoms with Crippen LogP contribution in [0.3, 0.4) is 0 Å². The van der Waals surface area contributed by atoms with Crippen molar-refractivity contribution in [1.82, 2.24) is 24.5 Å². The Balaban J connectivity index is 1.12. The number of benzene rings is 6. The van der Waals surface area contributed by atoms with E-state index < -0.39 is 0 Å². The lowest BCUT2D eigenvalue weighted by Gasteiger charge is -2.11. The fourth-order valence-corrected chi connectivity index (χ4v) is 7.38. The van der Waals surface area contributed by atoms with Gasteiger partial charge in [0.25, 0.3) is 0 Å². The van der Waals surface area contributed by atoms with Crippen LogP contribution in [0.15, 0.2) is 161 Å². The Morgan fingerprint density at radius 2 is 0.922 bits per heavy atom. The van der Waals surface area contributed by atoms with Crippen molar-refractivity contribution in [3.8, 4) is 39.9 Å². The molecule has 11 rings (SSSR count). The molecule has 0 radical (unpaired) electrons. The van der Waals surface area contributed by atoms with Crippen molar-refractivity contribution in [2.45, 2.75) is 0 Å². The zero-order valence-corrected chi connectivity index (χ0v) is 27.0. The summed E-state index contributed by atoms with van der Waals surface area (Å²) in [4.78, 5) is 19.5. The van der Waals surface area contributed by atoms with E-state index in [2.05, 4.69) is 107 Å². The van der Waals surface area contributed by atoms with Gasteiger partial charge in [0.05, 0.1) is 17.2 Å². The molecule has 0 amide bonds. The van der Waals surface area contributed by atoms with Crippen molar-refractivity contribution < 1.29 is 8.83 Å². The molecule has 0 unspecified atom stereocenters. The fraction of sp³-hybridized carbons (Fsp3) is 0. The average Bonchev–Trinajstić information content (AvgIpc) is 3.86. The molecule has 0 aliphatic heterocycles. The number of para-hydroxylation sites is 3. The van der Waals surface area contributed by atoms with E-state index in [-0.39, 0.29) is 0 Å². The highest BCUT2D eigenvalue weighted by molar-refractivity contribution is 6.09. The minimum atomic E-state index is 0.544. The van der Waals surface area contributed by atoms with Crippen LogP contribution in [0, 0.1) is 0 Å². The van der Waals surface area contributed by atoms with Crippen LogP contribution < -0.4 is 0 Å². The standard InChI is InChI=1S/C44H25N5O2/c1-4-13-36-30(10-1)31-11-2-5-14-37(31)49(36)29-9-7-8-26(22-29)42-46-43(27-16-18-33-32-12-3-6-15-38(32)50-39(33)23-27)48-44(47-42)28-17-19-34-35-20-21-45-25-41(35)51-40(34)24-28/h1-25H. The van der Waals surface area contributed by atoms with Gasteiger partial charge >= 0.3 is 0 Å². The number of hydrogen-bond acceptors (Lipinski definition) is 6. The molecule has 0 spiro atoms. The normalized spacial score (nSPS) is 11.9. The molecule has 11 aromatic rings. The quantitative estimate of drug-likeness (QED) is 0.188. The van der Waals surface area contributed by atoms with Crippen molar-refractivity contribution >= 4 is 65.7 Å². The van der Waals surface area contributed by atoms with Gasteiger partial charge in [-0.05, 0) is 60.7 Å². The molecule has 51 heavy (non-hydrogen) atoms. The summed E-state index contributed by atoms with van der Waals surface area (Å²) in [6.07, 6.45) is 3.52. The topological polar surface area (TPSA) is 82.8 Å². The second kappa shape index (κ2) is 10.7. The van der Waals surface area contributed by atoms with Crippen LogP contribution in [-0.2, 0) is 0 Å². The highest BCUT2D eigenvalue weighted by atomic mass is 16.3. The summed E-state index contributed by atoms with van der Waals surface area (Å²) in [5, 5.41) is 6.58. The largest absolute Gasteiger partial charge is 0.456 e. The summed E-state index contributed by atoms with van der Waals surface area (Å²) < 4.78 is 14.8. The Kier molecular flexibility index (Phi) is 5.83. The van der Waals surface area contributed by atoms with E-state index in [1.807, 2.05) is 42.5 Å². The highest BCUT2D eigenvalue weighted by Gasteiger charge is 2.18. The molecule has 5 aromatic heterocycles. The van der Waals surface area contributed by atoms with E-state index in [4.69, 9.17) is 23.8 Å². The number of fused-ring (bicyclic) bond motifs is 9.